The molecule has 1 aromatic carbocycles. The number of thiophene rings is 1. The monoisotopic (exact) mass is 390 g/mol. The van der Waals surface area contributed by atoms with Crippen LogP contribution >= 0.6 is 11.3 Å². The summed E-state index contributed by atoms with van der Waals surface area (Å²) in [5.41, 5.74) is -3.83. The number of nitrogens with zero attached hydrogens (tertiary/aromatic N) is 1. The molecule has 1 amide bonds. The maximum absolute atomic E-state index is 12.4. The number of alkyl halides is 3. The van der Waals surface area contributed by atoms with Gasteiger partial charge in [0.15, 0.2) is 0 Å². The van der Waals surface area contributed by atoms with Gasteiger partial charge in [0.1, 0.15) is 0 Å². The molecule has 25 heavy (non-hydrogen) atoms. The van der Waals surface area contributed by atoms with Crippen LogP contribution in [0.5, 0.6) is 0 Å². The molecule has 0 spiro atoms. The van der Waals surface area contributed by atoms with Crippen LogP contribution in [0.1, 0.15) is 20.8 Å². The van der Waals surface area contributed by atoms with Gasteiger partial charge in [0.05, 0.1) is 4.88 Å². The van der Waals surface area contributed by atoms with E-state index in [0.717, 1.165) is 12.0 Å². The minimum absolute atomic E-state index is 0.0712. The molecule has 0 saturated carbocycles. The molecule has 1 aliphatic rings. The smallest absolute Gasteiger partial charge is 0.333 e. The first-order valence-electron chi connectivity index (χ1n) is 7.21. The van der Waals surface area contributed by atoms with Crippen molar-refractivity contribution in [1.29, 1.82) is 0 Å². The maximum atomic E-state index is 12.4. The van der Waals surface area contributed by atoms with Gasteiger partial charge in [-0.05, 0) is 41.1 Å². The minimum Gasteiger partial charge on any atom is -0.333 e. The van der Waals surface area contributed by atoms with Crippen molar-refractivity contribution in [2.24, 2.45) is 0 Å². The number of anilines is 1. The number of carbonyl (C=O) groups excluding carboxylic acids is 1. The quantitative estimate of drug-likeness (QED) is 0.872. The van der Waals surface area contributed by atoms with Crippen molar-refractivity contribution in [3.05, 3.63) is 51.7 Å². The zero-order valence-corrected chi connectivity index (χ0v) is 14.3. The third-order valence-corrected chi connectivity index (χ3v) is 5.82. The van der Waals surface area contributed by atoms with Gasteiger partial charge in [-0.2, -0.15) is 21.6 Å². The lowest BCUT2D eigenvalue weighted by atomic mass is 10.1. The molecule has 2 heterocycles. The van der Waals surface area contributed by atoms with E-state index in [9.17, 15) is 26.4 Å². The Hall–Kier alpha value is -2.07. The Morgan fingerprint density at radius 1 is 1.16 bits per heavy atom. The molecule has 2 aromatic rings. The minimum atomic E-state index is -5.44. The largest absolute Gasteiger partial charge is 0.516 e. The highest BCUT2D eigenvalue weighted by Gasteiger charge is 2.46. The van der Waals surface area contributed by atoms with Crippen molar-refractivity contribution >= 4 is 33.0 Å². The zero-order chi connectivity index (χ0) is 18.2. The summed E-state index contributed by atoms with van der Waals surface area (Å²) in [4.78, 5) is 14.7. The van der Waals surface area contributed by atoms with Crippen molar-refractivity contribution in [2.45, 2.75) is 18.5 Å². The van der Waals surface area contributed by atoms with Gasteiger partial charge < -0.3 is 4.90 Å². The third kappa shape index (κ3) is 3.64. The summed E-state index contributed by atoms with van der Waals surface area (Å²) in [7, 11) is -5.44. The Labute approximate surface area is 146 Å². The summed E-state index contributed by atoms with van der Waals surface area (Å²) in [6, 6.07) is 7.39. The van der Waals surface area contributed by atoms with E-state index in [1.54, 1.807) is 4.90 Å². The number of sulfonamides is 1. The molecule has 0 bridgehead atoms. The first-order chi connectivity index (χ1) is 11.7. The first-order valence-corrected chi connectivity index (χ1v) is 9.57. The molecular formula is C15H13F3N2O3S2. The number of hydrogen-bond donors (Lipinski definition) is 1. The van der Waals surface area contributed by atoms with E-state index >= 15 is 0 Å². The molecule has 0 radical (unpaired) electrons. The van der Waals surface area contributed by atoms with Gasteiger partial charge in [0, 0.05) is 18.8 Å². The van der Waals surface area contributed by atoms with Crippen LogP contribution in [0.2, 0.25) is 0 Å². The molecular weight excluding hydrogens is 377 g/mol. The molecule has 3 rings (SSSR count). The lowest BCUT2D eigenvalue weighted by Crippen LogP contribution is -2.36. The van der Waals surface area contributed by atoms with Gasteiger partial charge in [-0.3, -0.25) is 9.52 Å². The Morgan fingerprint density at radius 2 is 1.84 bits per heavy atom. The number of carbonyl (C=O) groups is 1. The molecule has 0 unspecified atom stereocenters. The highest BCUT2D eigenvalue weighted by Crippen LogP contribution is 2.27. The van der Waals surface area contributed by atoms with Crippen molar-refractivity contribution in [1.82, 2.24) is 4.90 Å². The molecule has 5 nitrogen and oxygen atoms in total. The standard InChI is InChI=1S/C15H13F3N2O3S2/c16-15(17,18)25(22,23)19-12-3-1-10(2-4-12)9-20-7-5-11-6-8-24-13(11)14(20)21/h1-4,6,8,19H,5,7,9H2. The Kier molecular flexibility index (Phi) is 4.50. The summed E-state index contributed by atoms with van der Waals surface area (Å²) in [5, 5.41) is 1.87. The number of hydrogen-bond acceptors (Lipinski definition) is 4. The van der Waals surface area contributed by atoms with Crippen LogP contribution in [-0.4, -0.2) is 31.3 Å². The molecule has 1 N–H and O–H groups in total. The van der Waals surface area contributed by atoms with Crippen molar-refractivity contribution in [3.8, 4) is 0 Å². The number of amides is 1. The van der Waals surface area contributed by atoms with Crippen molar-refractivity contribution in [2.75, 3.05) is 11.3 Å². The summed E-state index contributed by atoms with van der Waals surface area (Å²) in [6.07, 6.45) is 0.758. The molecule has 0 atom stereocenters. The lowest BCUT2D eigenvalue weighted by Gasteiger charge is -2.26. The predicted octanol–water partition coefficient (Wildman–Crippen LogP) is 3.21. The molecule has 0 saturated heterocycles. The van der Waals surface area contributed by atoms with E-state index in [-0.39, 0.29) is 11.6 Å². The summed E-state index contributed by atoms with van der Waals surface area (Å²) < 4.78 is 60.7. The number of halogens is 3. The van der Waals surface area contributed by atoms with Gasteiger partial charge >= 0.3 is 15.5 Å². The van der Waals surface area contributed by atoms with E-state index in [1.165, 1.54) is 40.3 Å². The Morgan fingerprint density at radius 3 is 2.48 bits per heavy atom. The average Bonchev–Trinajstić information content (AvgIpc) is 3.00. The van der Waals surface area contributed by atoms with Crippen molar-refractivity contribution in [3.63, 3.8) is 0 Å². The van der Waals surface area contributed by atoms with Crippen LogP contribution in [0.25, 0.3) is 0 Å². The second-order valence-electron chi connectivity index (χ2n) is 5.50. The topological polar surface area (TPSA) is 66.5 Å². The molecule has 134 valence electrons. The van der Waals surface area contributed by atoms with Crippen molar-refractivity contribution < 1.29 is 26.4 Å². The summed E-state index contributed by atoms with van der Waals surface area (Å²) in [5.74, 6) is -0.0712. The van der Waals surface area contributed by atoms with Crippen LogP contribution in [0.3, 0.4) is 0 Å². The van der Waals surface area contributed by atoms with E-state index in [1.807, 2.05) is 11.4 Å². The van der Waals surface area contributed by atoms with Crippen LogP contribution in [-0.2, 0) is 23.0 Å². The molecule has 0 aliphatic carbocycles. The van der Waals surface area contributed by atoms with E-state index in [0.29, 0.717) is 23.5 Å². The van der Waals surface area contributed by atoms with Gasteiger partial charge in [-0.25, -0.2) is 0 Å². The van der Waals surface area contributed by atoms with Gasteiger partial charge in [0.2, 0.25) is 0 Å². The zero-order valence-electron chi connectivity index (χ0n) is 12.7. The average molecular weight is 390 g/mol. The van der Waals surface area contributed by atoms with E-state index < -0.39 is 15.5 Å². The first kappa shape index (κ1) is 17.7. The second-order valence-corrected chi connectivity index (χ2v) is 8.09. The molecule has 1 aliphatic heterocycles. The number of fused-ring (bicyclic) bond motifs is 1. The highest BCUT2D eigenvalue weighted by molar-refractivity contribution is 7.93. The SMILES string of the molecule is O=C1c2sccc2CCN1Cc1ccc(NS(=O)(=O)C(F)(F)F)cc1. The highest BCUT2D eigenvalue weighted by atomic mass is 32.2. The predicted molar refractivity (Wildman–Crippen MR) is 87.8 cm³/mol. The Bertz CT molecular complexity index is 889. The number of benzene rings is 1. The second kappa shape index (κ2) is 6.34. The third-order valence-electron chi connectivity index (χ3n) is 3.76. The lowest BCUT2D eigenvalue weighted by molar-refractivity contribution is -0.0429. The van der Waals surface area contributed by atoms with E-state index in [2.05, 4.69) is 0 Å². The van der Waals surface area contributed by atoms with Crippen LogP contribution in [0.4, 0.5) is 18.9 Å². The van der Waals surface area contributed by atoms with E-state index in [4.69, 9.17) is 0 Å². The van der Waals surface area contributed by atoms with Gasteiger partial charge in [-0.15, -0.1) is 11.3 Å². The molecule has 1 aromatic heterocycles. The van der Waals surface area contributed by atoms with Gasteiger partial charge in [-0.1, -0.05) is 12.1 Å². The van der Waals surface area contributed by atoms with Crippen LogP contribution in [0.15, 0.2) is 35.7 Å². The van der Waals surface area contributed by atoms with Crippen LogP contribution < -0.4 is 4.72 Å². The fourth-order valence-corrected chi connectivity index (χ4v) is 3.97. The summed E-state index contributed by atoms with van der Waals surface area (Å²) >= 11 is 1.38. The molecule has 0 fully saturated rings. The fourth-order valence-electron chi connectivity index (χ4n) is 2.48. The number of rotatable bonds is 4. The normalized spacial score (nSPS) is 15.2. The van der Waals surface area contributed by atoms with Crippen LogP contribution in [0, 0.1) is 0 Å². The summed E-state index contributed by atoms with van der Waals surface area (Å²) in [6.45, 7) is 0.869. The molecule has 10 heteroatoms. The maximum Gasteiger partial charge on any atom is 0.516 e. The fraction of sp³-hybridized carbons (Fsp3) is 0.267. The van der Waals surface area contributed by atoms with Gasteiger partial charge in [0.25, 0.3) is 5.91 Å². The Balaban J connectivity index is 1.69. The number of nitrogens with one attached hydrogen (secondary N) is 1.